The third kappa shape index (κ3) is 3.17. The molecular weight excluding hydrogens is 312 g/mol. The van der Waals surface area contributed by atoms with Crippen molar-refractivity contribution in [1.29, 1.82) is 0 Å². The van der Waals surface area contributed by atoms with Gasteiger partial charge < -0.3 is 9.47 Å². The summed E-state index contributed by atoms with van der Waals surface area (Å²) >= 11 is 1.36. The molecule has 2 aromatic carbocycles. The maximum absolute atomic E-state index is 11.4. The summed E-state index contributed by atoms with van der Waals surface area (Å²) in [6.07, 6.45) is 0. The molecule has 0 unspecified atom stereocenters. The second kappa shape index (κ2) is 6.75. The monoisotopic (exact) mass is 328 g/mol. The molecule has 0 aliphatic heterocycles. The molecule has 0 saturated heterocycles. The van der Waals surface area contributed by atoms with Crippen LogP contribution in [0.25, 0.3) is 16.7 Å². The van der Waals surface area contributed by atoms with Gasteiger partial charge in [-0.15, -0.1) is 0 Å². The number of esters is 1. The minimum atomic E-state index is -0.275. The first-order chi connectivity index (χ1) is 11.2. The first-order valence-corrected chi connectivity index (χ1v) is 8.03. The molecule has 0 spiro atoms. The molecule has 0 aliphatic carbocycles. The lowest BCUT2D eigenvalue weighted by molar-refractivity contribution is -0.137. The fourth-order valence-electron chi connectivity index (χ4n) is 2.26. The molecular formula is C17H16N2O3S. The zero-order valence-corrected chi connectivity index (χ0v) is 13.7. The summed E-state index contributed by atoms with van der Waals surface area (Å²) in [5.74, 6) is 0.737. The number of fused-ring (bicyclic) bond motifs is 1. The predicted octanol–water partition coefficient (Wildman–Crippen LogP) is 3.30. The fraction of sp³-hybridized carbons (Fsp3) is 0.176. The van der Waals surface area contributed by atoms with Crippen LogP contribution in [0.4, 0.5) is 0 Å². The van der Waals surface area contributed by atoms with Crippen LogP contribution in [0.2, 0.25) is 0 Å². The standard InChI is InChI=1S/C17H16N2O3S/c1-21-13-9-7-12(8-10-13)19-15-6-4-3-5-14(15)18-17(19)23-11-16(20)22-2/h3-10H,11H2,1-2H3. The predicted molar refractivity (Wildman–Crippen MR) is 90.4 cm³/mol. The lowest BCUT2D eigenvalue weighted by Crippen LogP contribution is -2.05. The summed E-state index contributed by atoms with van der Waals surface area (Å²) in [6.45, 7) is 0. The lowest BCUT2D eigenvalue weighted by atomic mass is 10.2. The van der Waals surface area contributed by atoms with E-state index >= 15 is 0 Å². The second-order valence-electron chi connectivity index (χ2n) is 4.78. The number of imidazole rings is 1. The molecule has 0 aliphatic rings. The van der Waals surface area contributed by atoms with E-state index in [1.165, 1.54) is 18.9 Å². The highest BCUT2D eigenvalue weighted by atomic mass is 32.2. The van der Waals surface area contributed by atoms with Crippen LogP contribution in [-0.2, 0) is 9.53 Å². The van der Waals surface area contributed by atoms with E-state index in [0.717, 1.165) is 27.6 Å². The number of rotatable bonds is 5. The number of benzene rings is 2. The molecule has 118 valence electrons. The lowest BCUT2D eigenvalue weighted by Gasteiger charge is -2.09. The van der Waals surface area contributed by atoms with Crippen LogP contribution in [0.1, 0.15) is 0 Å². The Balaban J connectivity index is 2.06. The van der Waals surface area contributed by atoms with Crippen molar-refractivity contribution >= 4 is 28.8 Å². The summed E-state index contributed by atoms with van der Waals surface area (Å²) in [5, 5.41) is 0.752. The first kappa shape index (κ1) is 15.4. The van der Waals surface area contributed by atoms with E-state index in [2.05, 4.69) is 4.98 Å². The quantitative estimate of drug-likeness (QED) is 0.531. The van der Waals surface area contributed by atoms with E-state index in [-0.39, 0.29) is 11.7 Å². The normalized spacial score (nSPS) is 10.7. The van der Waals surface area contributed by atoms with Crippen LogP contribution in [0.3, 0.4) is 0 Å². The van der Waals surface area contributed by atoms with E-state index in [0.29, 0.717) is 0 Å². The number of hydrogen-bond donors (Lipinski definition) is 0. The van der Waals surface area contributed by atoms with E-state index in [1.807, 2.05) is 53.1 Å². The van der Waals surface area contributed by atoms with Crippen LogP contribution >= 0.6 is 11.8 Å². The highest BCUT2D eigenvalue weighted by molar-refractivity contribution is 7.99. The number of ether oxygens (including phenoxy) is 2. The van der Waals surface area contributed by atoms with Gasteiger partial charge in [0.15, 0.2) is 5.16 Å². The Bertz CT molecular complexity index is 827. The van der Waals surface area contributed by atoms with Crippen LogP contribution in [-0.4, -0.2) is 35.5 Å². The summed E-state index contributed by atoms with van der Waals surface area (Å²) in [5.41, 5.74) is 2.84. The summed E-state index contributed by atoms with van der Waals surface area (Å²) in [4.78, 5) is 16.1. The Hall–Kier alpha value is -2.47. The van der Waals surface area contributed by atoms with Crippen molar-refractivity contribution in [1.82, 2.24) is 9.55 Å². The molecule has 3 aromatic rings. The van der Waals surface area contributed by atoms with Gasteiger partial charge in [-0.3, -0.25) is 9.36 Å². The average molecular weight is 328 g/mol. The Morgan fingerprint density at radius 1 is 1.13 bits per heavy atom. The van der Waals surface area contributed by atoms with Crippen LogP contribution < -0.4 is 4.74 Å². The molecule has 0 atom stereocenters. The van der Waals surface area contributed by atoms with Crippen molar-refractivity contribution in [2.24, 2.45) is 0 Å². The Morgan fingerprint density at radius 2 is 1.87 bits per heavy atom. The van der Waals surface area contributed by atoms with Crippen molar-refractivity contribution in [2.75, 3.05) is 20.0 Å². The topological polar surface area (TPSA) is 53.3 Å². The summed E-state index contributed by atoms with van der Waals surface area (Å²) in [6, 6.07) is 15.6. The molecule has 1 heterocycles. The van der Waals surface area contributed by atoms with Gasteiger partial charge in [-0.2, -0.15) is 0 Å². The van der Waals surface area contributed by atoms with Crippen LogP contribution in [0.15, 0.2) is 53.7 Å². The van der Waals surface area contributed by atoms with Gasteiger partial charge in [0.05, 0.1) is 31.0 Å². The fourth-order valence-corrected chi connectivity index (χ4v) is 3.12. The molecule has 0 saturated carbocycles. The van der Waals surface area contributed by atoms with E-state index in [1.54, 1.807) is 7.11 Å². The maximum atomic E-state index is 11.4. The smallest absolute Gasteiger partial charge is 0.316 e. The molecule has 3 rings (SSSR count). The molecule has 5 nitrogen and oxygen atoms in total. The molecule has 0 N–H and O–H groups in total. The van der Waals surface area contributed by atoms with Gasteiger partial charge in [0.1, 0.15) is 5.75 Å². The molecule has 0 radical (unpaired) electrons. The molecule has 0 fully saturated rings. The number of hydrogen-bond acceptors (Lipinski definition) is 5. The molecule has 0 bridgehead atoms. The SMILES string of the molecule is COC(=O)CSc1nc2ccccc2n1-c1ccc(OC)cc1. The third-order valence-corrected chi connectivity index (χ3v) is 4.32. The first-order valence-electron chi connectivity index (χ1n) is 7.04. The van der Waals surface area contributed by atoms with Gasteiger partial charge in [0.2, 0.25) is 0 Å². The van der Waals surface area contributed by atoms with Crippen molar-refractivity contribution in [3.05, 3.63) is 48.5 Å². The van der Waals surface area contributed by atoms with Crippen molar-refractivity contribution in [3.63, 3.8) is 0 Å². The minimum Gasteiger partial charge on any atom is -0.497 e. The zero-order chi connectivity index (χ0) is 16.2. The number of methoxy groups -OCH3 is 2. The van der Waals surface area contributed by atoms with Gasteiger partial charge in [-0.05, 0) is 36.4 Å². The largest absolute Gasteiger partial charge is 0.497 e. The minimum absolute atomic E-state index is 0.218. The van der Waals surface area contributed by atoms with Crippen LogP contribution in [0, 0.1) is 0 Å². The number of carbonyl (C=O) groups is 1. The van der Waals surface area contributed by atoms with Gasteiger partial charge >= 0.3 is 5.97 Å². The van der Waals surface area contributed by atoms with E-state index in [4.69, 9.17) is 9.47 Å². The summed E-state index contributed by atoms with van der Waals surface area (Å²) < 4.78 is 11.9. The highest BCUT2D eigenvalue weighted by Gasteiger charge is 2.14. The number of aromatic nitrogens is 2. The Labute approximate surface area is 138 Å². The molecule has 6 heteroatoms. The number of nitrogens with zero attached hydrogens (tertiary/aromatic N) is 2. The van der Waals surface area contributed by atoms with Gasteiger partial charge in [-0.25, -0.2) is 4.98 Å². The van der Waals surface area contributed by atoms with Crippen LogP contribution in [0.5, 0.6) is 5.75 Å². The Kier molecular flexibility index (Phi) is 4.52. The number of para-hydroxylation sites is 2. The molecule has 1 aromatic heterocycles. The number of carbonyl (C=O) groups excluding carboxylic acids is 1. The van der Waals surface area contributed by atoms with Crippen molar-refractivity contribution in [3.8, 4) is 11.4 Å². The van der Waals surface area contributed by atoms with E-state index < -0.39 is 0 Å². The van der Waals surface area contributed by atoms with E-state index in [9.17, 15) is 4.79 Å². The van der Waals surface area contributed by atoms with Gasteiger partial charge in [-0.1, -0.05) is 23.9 Å². The second-order valence-corrected chi connectivity index (χ2v) is 5.72. The summed E-state index contributed by atoms with van der Waals surface area (Å²) in [7, 11) is 3.02. The van der Waals surface area contributed by atoms with Crippen molar-refractivity contribution < 1.29 is 14.3 Å². The Morgan fingerprint density at radius 3 is 2.57 bits per heavy atom. The number of thioether (sulfide) groups is 1. The van der Waals surface area contributed by atoms with Gasteiger partial charge in [0, 0.05) is 5.69 Å². The highest BCUT2D eigenvalue weighted by Crippen LogP contribution is 2.28. The molecule has 23 heavy (non-hydrogen) atoms. The zero-order valence-electron chi connectivity index (χ0n) is 12.9. The third-order valence-electron chi connectivity index (χ3n) is 3.41. The average Bonchev–Trinajstić information content (AvgIpc) is 2.98. The van der Waals surface area contributed by atoms with Crippen molar-refractivity contribution in [2.45, 2.75) is 5.16 Å². The van der Waals surface area contributed by atoms with Gasteiger partial charge in [0.25, 0.3) is 0 Å². The molecule has 0 amide bonds. The maximum Gasteiger partial charge on any atom is 0.316 e.